The molecule has 2 saturated heterocycles. The van der Waals surface area contributed by atoms with Crippen LogP contribution in [0.1, 0.15) is 25.7 Å². The minimum atomic E-state index is -3.54. The Balaban J connectivity index is 1.54. The first-order valence-electron chi connectivity index (χ1n) is 9.65. The summed E-state index contributed by atoms with van der Waals surface area (Å²) >= 11 is 0. The first-order valence-corrected chi connectivity index (χ1v) is 11.1. The zero-order valence-electron chi connectivity index (χ0n) is 16.0. The van der Waals surface area contributed by atoms with Crippen molar-refractivity contribution in [2.45, 2.75) is 30.6 Å². The Morgan fingerprint density at radius 1 is 0.926 bits per heavy atom. The molecular formula is C19H29N3O4S. The maximum Gasteiger partial charge on any atom is 0.243 e. The second kappa shape index (κ2) is 9.03. The van der Waals surface area contributed by atoms with Gasteiger partial charge in [-0.25, -0.2) is 8.42 Å². The monoisotopic (exact) mass is 395 g/mol. The van der Waals surface area contributed by atoms with E-state index in [9.17, 15) is 13.2 Å². The van der Waals surface area contributed by atoms with Gasteiger partial charge in [-0.2, -0.15) is 4.31 Å². The molecule has 1 aromatic rings. The lowest BCUT2D eigenvalue weighted by atomic mass is 10.2. The van der Waals surface area contributed by atoms with E-state index in [1.807, 2.05) is 0 Å². The molecular weight excluding hydrogens is 366 g/mol. The molecule has 27 heavy (non-hydrogen) atoms. The smallest absolute Gasteiger partial charge is 0.243 e. The predicted octanol–water partition coefficient (Wildman–Crippen LogP) is 1.40. The molecule has 0 aliphatic carbocycles. The highest BCUT2D eigenvalue weighted by atomic mass is 32.2. The molecule has 150 valence electrons. The van der Waals surface area contributed by atoms with Crippen LogP contribution in [0.25, 0.3) is 0 Å². The molecule has 0 spiro atoms. The van der Waals surface area contributed by atoms with E-state index in [0.717, 1.165) is 25.9 Å². The molecule has 0 bridgehead atoms. The number of carbonyl (C=O) groups is 1. The summed E-state index contributed by atoms with van der Waals surface area (Å²) in [7, 11) is -1.99. The molecule has 7 nitrogen and oxygen atoms in total. The van der Waals surface area contributed by atoms with Crippen LogP contribution < -0.4 is 4.74 Å². The van der Waals surface area contributed by atoms with Gasteiger partial charge in [0, 0.05) is 26.2 Å². The molecule has 1 amide bonds. The van der Waals surface area contributed by atoms with E-state index in [4.69, 9.17) is 4.74 Å². The first kappa shape index (κ1) is 20.1. The van der Waals surface area contributed by atoms with Crippen molar-refractivity contribution in [2.75, 3.05) is 52.9 Å². The minimum absolute atomic E-state index is 0.110. The van der Waals surface area contributed by atoms with Crippen molar-refractivity contribution >= 4 is 15.9 Å². The van der Waals surface area contributed by atoms with Gasteiger partial charge in [-0.3, -0.25) is 9.69 Å². The van der Waals surface area contributed by atoms with E-state index >= 15 is 0 Å². The van der Waals surface area contributed by atoms with E-state index in [-0.39, 0.29) is 10.8 Å². The molecule has 0 unspecified atom stereocenters. The molecule has 2 fully saturated rings. The van der Waals surface area contributed by atoms with Gasteiger partial charge in [0.2, 0.25) is 15.9 Å². The SMILES string of the molecule is COc1ccc(S(=O)(=O)N2CCN(C(=O)CN3CCCCCC3)CC2)cc1. The van der Waals surface area contributed by atoms with Crippen LogP contribution in [0, 0.1) is 0 Å². The molecule has 0 saturated carbocycles. The summed E-state index contributed by atoms with van der Waals surface area (Å²) in [6.45, 7) is 3.98. The molecule has 0 aromatic heterocycles. The highest BCUT2D eigenvalue weighted by molar-refractivity contribution is 7.89. The fourth-order valence-electron chi connectivity index (χ4n) is 3.66. The molecule has 0 radical (unpaired) electrons. The third-order valence-electron chi connectivity index (χ3n) is 5.35. The molecule has 1 aromatic carbocycles. The number of hydrogen-bond donors (Lipinski definition) is 0. The van der Waals surface area contributed by atoms with Gasteiger partial charge in [-0.05, 0) is 50.2 Å². The largest absolute Gasteiger partial charge is 0.497 e. The van der Waals surface area contributed by atoms with Gasteiger partial charge in [0.1, 0.15) is 5.75 Å². The maximum atomic E-state index is 12.8. The zero-order chi connectivity index (χ0) is 19.3. The average molecular weight is 396 g/mol. The molecule has 8 heteroatoms. The zero-order valence-corrected chi connectivity index (χ0v) is 16.8. The fraction of sp³-hybridized carbons (Fsp3) is 0.632. The fourth-order valence-corrected chi connectivity index (χ4v) is 5.08. The number of nitrogens with zero attached hydrogens (tertiary/aromatic N) is 3. The summed E-state index contributed by atoms with van der Waals surface area (Å²) in [6, 6.07) is 6.41. The Bertz CT molecular complexity index is 720. The number of sulfonamides is 1. The van der Waals surface area contributed by atoms with Gasteiger partial charge in [-0.1, -0.05) is 12.8 Å². The third kappa shape index (κ3) is 5.00. The maximum absolute atomic E-state index is 12.8. The van der Waals surface area contributed by atoms with E-state index in [2.05, 4.69) is 4.90 Å². The lowest BCUT2D eigenvalue weighted by Gasteiger charge is -2.35. The van der Waals surface area contributed by atoms with Gasteiger partial charge in [0.25, 0.3) is 0 Å². The highest BCUT2D eigenvalue weighted by Gasteiger charge is 2.30. The van der Waals surface area contributed by atoms with Gasteiger partial charge >= 0.3 is 0 Å². The standard InChI is InChI=1S/C19H29N3O4S/c1-26-17-6-8-18(9-7-17)27(24,25)22-14-12-21(13-15-22)19(23)16-20-10-4-2-3-5-11-20/h6-9H,2-5,10-16H2,1H3. The van der Waals surface area contributed by atoms with E-state index in [1.165, 1.54) is 17.1 Å². The quantitative estimate of drug-likeness (QED) is 0.754. The Morgan fingerprint density at radius 3 is 2.07 bits per heavy atom. The summed E-state index contributed by atoms with van der Waals surface area (Å²) in [5.41, 5.74) is 0. The second-order valence-corrected chi connectivity index (χ2v) is 9.09. The van der Waals surface area contributed by atoms with Crippen LogP contribution in [0.3, 0.4) is 0 Å². The van der Waals surface area contributed by atoms with Crippen molar-refractivity contribution in [3.8, 4) is 5.75 Å². The Hall–Kier alpha value is -1.64. The van der Waals surface area contributed by atoms with Crippen molar-refractivity contribution in [3.63, 3.8) is 0 Å². The number of likely N-dealkylation sites (tertiary alicyclic amines) is 1. The van der Waals surface area contributed by atoms with Crippen molar-refractivity contribution in [3.05, 3.63) is 24.3 Å². The first-order chi connectivity index (χ1) is 13.0. The summed E-state index contributed by atoms with van der Waals surface area (Å²) < 4.78 is 32.1. The number of rotatable bonds is 5. The number of amides is 1. The normalized spacial score (nSPS) is 20.3. The van der Waals surface area contributed by atoms with Crippen LogP contribution >= 0.6 is 0 Å². The summed E-state index contributed by atoms with van der Waals surface area (Å²) in [5.74, 6) is 0.733. The lowest BCUT2D eigenvalue weighted by Crippen LogP contribution is -2.52. The Labute approximate surface area is 161 Å². The van der Waals surface area contributed by atoms with Crippen molar-refractivity contribution < 1.29 is 17.9 Å². The molecule has 0 N–H and O–H groups in total. The van der Waals surface area contributed by atoms with Crippen LogP contribution in [0.5, 0.6) is 5.75 Å². The summed E-state index contributed by atoms with van der Waals surface area (Å²) in [4.78, 5) is 16.9. The van der Waals surface area contributed by atoms with Crippen LogP contribution in [0.15, 0.2) is 29.2 Å². The van der Waals surface area contributed by atoms with Crippen molar-refractivity contribution in [1.29, 1.82) is 0 Å². The van der Waals surface area contributed by atoms with Gasteiger partial charge in [0.05, 0.1) is 18.6 Å². The third-order valence-corrected chi connectivity index (χ3v) is 7.26. The number of piperazine rings is 1. The Morgan fingerprint density at radius 2 is 1.52 bits per heavy atom. The molecule has 2 heterocycles. The molecule has 0 atom stereocenters. The lowest BCUT2D eigenvalue weighted by molar-refractivity contribution is -0.133. The molecule has 2 aliphatic rings. The summed E-state index contributed by atoms with van der Waals surface area (Å²) in [6.07, 6.45) is 4.79. The van der Waals surface area contributed by atoms with E-state index in [0.29, 0.717) is 38.5 Å². The number of carbonyl (C=O) groups excluding carboxylic acids is 1. The average Bonchev–Trinajstić information content (AvgIpc) is 2.96. The Kier molecular flexibility index (Phi) is 6.73. The van der Waals surface area contributed by atoms with Gasteiger partial charge < -0.3 is 9.64 Å². The van der Waals surface area contributed by atoms with E-state index < -0.39 is 10.0 Å². The number of ether oxygens (including phenoxy) is 1. The summed E-state index contributed by atoms with van der Waals surface area (Å²) in [5, 5.41) is 0. The topological polar surface area (TPSA) is 70.2 Å². The minimum Gasteiger partial charge on any atom is -0.497 e. The van der Waals surface area contributed by atoms with Crippen molar-refractivity contribution in [1.82, 2.24) is 14.1 Å². The van der Waals surface area contributed by atoms with Crippen LogP contribution in [0.4, 0.5) is 0 Å². The van der Waals surface area contributed by atoms with Crippen LogP contribution in [-0.2, 0) is 14.8 Å². The number of hydrogen-bond acceptors (Lipinski definition) is 5. The predicted molar refractivity (Wildman–Crippen MR) is 103 cm³/mol. The van der Waals surface area contributed by atoms with Crippen LogP contribution in [0.2, 0.25) is 0 Å². The number of benzene rings is 1. The van der Waals surface area contributed by atoms with Gasteiger partial charge in [-0.15, -0.1) is 0 Å². The van der Waals surface area contributed by atoms with E-state index in [1.54, 1.807) is 36.3 Å². The van der Waals surface area contributed by atoms with Crippen molar-refractivity contribution in [2.24, 2.45) is 0 Å². The molecule has 2 aliphatic heterocycles. The second-order valence-electron chi connectivity index (χ2n) is 7.15. The van der Waals surface area contributed by atoms with Crippen LogP contribution in [-0.4, -0.2) is 81.4 Å². The number of methoxy groups -OCH3 is 1. The molecule has 3 rings (SSSR count). The highest BCUT2D eigenvalue weighted by Crippen LogP contribution is 2.21. The van der Waals surface area contributed by atoms with Gasteiger partial charge in [0.15, 0.2) is 0 Å².